The van der Waals surface area contributed by atoms with E-state index in [2.05, 4.69) is 4.90 Å². The summed E-state index contributed by atoms with van der Waals surface area (Å²) in [6, 6.07) is 4.74. The van der Waals surface area contributed by atoms with Gasteiger partial charge < -0.3 is 9.80 Å². The average Bonchev–Trinajstić information content (AvgIpc) is 3.69. The van der Waals surface area contributed by atoms with E-state index in [0.29, 0.717) is 24.8 Å². The van der Waals surface area contributed by atoms with Crippen molar-refractivity contribution in [1.29, 1.82) is 0 Å². The number of piperidine rings is 1. The zero-order chi connectivity index (χ0) is 27.0. The third-order valence-corrected chi connectivity index (χ3v) is 10.4. The fourth-order valence-corrected chi connectivity index (χ4v) is 7.64. The van der Waals surface area contributed by atoms with Gasteiger partial charge in [0.15, 0.2) is 4.75 Å². The van der Waals surface area contributed by atoms with Gasteiger partial charge in [0.05, 0.1) is 0 Å². The van der Waals surface area contributed by atoms with Crippen LogP contribution in [0.15, 0.2) is 18.2 Å². The van der Waals surface area contributed by atoms with Gasteiger partial charge in [-0.3, -0.25) is 10.0 Å². The number of sulfonamides is 1. The Balaban J connectivity index is 1.41. The van der Waals surface area contributed by atoms with Crippen molar-refractivity contribution in [2.75, 3.05) is 44.2 Å². The second-order valence-corrected chi connectivity index (χ2v) is 12.5. The van der Waals surface area contributed by atoms with Gasteiger partial charge in [-0.05, 0) is 56.2 Å². The van der Waals surface area contributed by atoms with Crippen molar-refractivity contribution in [1.82, 2.24) is 13.8 Å². The minimum absolute atomic E-state index is 0.0235. The zero-order valence-corrected chi connectivity index (χ0v) is 21.8. The van der Waals surface area contributed by atoms with Gasteiger partial charge >= 0.3 is 6.18 Å². The summed E-state index contributed by atoms with van der Waals surface area (Å²) in [6.07, 6.45) is -3.36. The van der Waals surface area contributed by atoms with Crippen LogP contribution < -0.4 is 4.90 Å². The highest BCUT2D eigenvalue weighted by molar-refractivity contribution is 7.91. The molecular formula is C23H31ClF4N4O4S. The molecule has 0 radical (unpaired) electrons. The molecule has 3 fully saturated rings. The SMILES string of the molecule is O=C(N(O)Cl)C1(S(=O)(=O)N2CCN(c3ccc(CCCC(F)(F)F)c(F)c3)CC2)CCN(C2CC2)CC1. The highest BCUT2D eigenvalue weighted by atomic mass is 35.5. The van der Waals surface area contributed by atoms with E-state index >= 15 is 0 Å². The Kier molecular flexibility index (Phi) is 8.30. The molecule has 208 valence electrons. The van der Waals surface area contributed by atoms with Crippen molar-refractivity contribution < 1.29 is 36.0 Å². The summed E-state index contributed by atoms with van der Waals surface area (Å²) in [4.78, 5) is 16.8. The van der Waals surface area contributed by atoms with Crippen LogP contribution in [0.2, 0.25) is 0 Å². The van der Waals surface area contributed by atoms with Crippen molar-refractivity contribution >= 4 is 33.4 Å². The molecule has 0 unspecified atom stereocenters. The van der Waals surface area contributed by atoms with Crippen LogP contribution in [-0.4, -0.2) is 89.6 Å². The molecule has 2 aliphatic heterocycles. The van der Waals surface area contributed by atoms with Crippen LogP contribution in [-0.2, 0) is 21.2 Å². The quantitative estimate of drug-likeness (QED) is 0.223. The molecule has 8 nitrogen and oxygen atoms in total. The number of carbonyl (C=O) groups is 1. The fraction of sp³-hybridized carbons (Fsp3) is 0.696. The van der Waals surface area contributed by atoms with Gasteiger partial charge in [0.1, 0.15) is 5.82 Å². The molecule has 37 heavy (non-hydrogen) atoms. The van der Waals surface area contributed by atoms with Crippen LogP contribution in [0, 0.1) is 5.82 Å². The molecule has 1 aromatic carbocycles. The van der Waals surface area contributed by atoms with Crippen molar-refractivity contribution in [3.63, 3.8) is 0 Å². The van der Waals surface area contributed by atoms with Crippen molar-refractivity contribution in [3.8, 4) is 0 Å². The molecule has 1 aliphatic carbocycles. The number of carbonyl (C=O) groups excluding carboxylic acids is 1. The molecule has 2 heterocycles. The van der Waals surface area contributed by atoms with E-state index in [4.69, 9.17) is 11.8 Å². The number of rotatable bonds is 8. The first kappa shape index (κ1) is 28.3. The lowest BCUT2D eigenvalue weighted by molar-refractivity contribution is -0.150. The average molecular weight is 571 g/mol. The van der Waals surface area contributed by atoms with Gasteiger partial charge in [0, 0.05) is 69.2 Å². The molecule has 1 amide bonds. The van der Waals surface area contributed by atoms with E-state index in [1.807, 2.05) is 0 Å². The maximum absolute atomic E-state index is 14.5. The van der Waals surface area contributed by atoms with E-state index < -0.39 is 39.1 Å². The third kappa shape index (κ3) is 6.16. The summed E-state index contributed by atoms with van der Waals surface area (Å²) in [5.74, 6) is -1.66. The van der Waals surface area contributed by atoms with Crippen LogP contribution in [0.3, 0.4) is 0 Å². The van der Waals surface area contributed by atoms with Gasteiger partial charge in [-0.15, -0.1) is 4.58 Å². The molecule has 0 spiro atoms. The van der Waals surface area contributed by atoms with E-state index in [1.54, 1.807) is 11.0 Å². The number of hydrogen-bond donors (Lipinski definition) is 1. The van der Waals surface area contributed by atoms with Crippen molar-refractivity contribution in [3.05, 3.63) is 29.6 Å². The predicted molar refractivity (Wildman–Crippen MR) is 129 cm³/mol. The lowest BCUT2D eigenvalue weighted by atomic mass is 9.94. The fourth-order valence-electron chi connectivity index (χ4n) is 5.29. The molecule has 1 N–H and O–H groups in total. The van der Waals surface area contributed by atoms with E-state index in [-0.39, 0.29) is 62.0 Å². The summed E-state index contributed by atoms with van der Waals surface area (Å²) in [5, 5.41) is 9.67. The number of aryl methyl sites for hydroxylation is 1. The lowest BCUT2D eigenvalue weighted by Crippen LogP contribution is -2.63. The van der Waals surface area contributed by atoms with Crippen LogP contribution >= 0.6 is 11.8 Å². The highest BCUT2D eigenvalue weighted by Gasteiger charge is 2.57. The maximum atomic E-state index is 14.5. The van der Waals surface area contributed by atoms with Crippen LogP contribution in [0.25, 0.3) is 0 Å². The van der Waals surface area contributed by atoms with E-state index in [9.17, 15) is 36.0 Å². The van der Waals surface area contributed by atoms with Gasteiger partial charge in [-0.1, -0.05) is 6.07 Å². The molecule has 3 aliphatic rings. The van der Waals surface area contributed by atoms with Gasteiger partial charge in [-0.2, -0.15) is 17.5 Å². The normalized spacial score (nSPS) is 21.7. The summed E-state index contributed by atoms with van der Waals surface area (Å²) in [5.41, 5.74) is 0.696. The Morgan fingerprint density at radius 2 is 1.73 bits per heavy atom. The monoisotopic (exact) mass is 570 g/mol. The first-order valence-electron chi connectivity index (χ1n) is 12.4. The number of hydroxylamine groups is 1. The summed E-state index contributed by atoms with van der Waals surface area (Å²) >= 11 is 5.54. The molecule has 1 aromatic rings. The van der Waals surface area contributed by atoms with Gasteiger partial charge in [0.2, 0.25) is 10.0 Å². The Morgan fingerprint density at radius 1 is 1.11 bits per heavy atom. The molecule has 14 heteroatoms. The highest BCUT2D eigenvalue weighted by Crippen LogP contribution is 2.39. The minimum atomic E-state index is -4.28. The number of nitrogens with zero attached hydrogens (tertiary/aromatic N) is 4. The molecule has 4 rings (SSSR count). The number of benzene rings is 1. The number of hydrogen-bond acceptors (Lipinski definition) is 6. The van der Waals surface area contributed by atoms with Gasteiger partial charge in [0.25, 0.3) is 5.91 Å². The number of alkyl halides is 3. The summed E-state index contributed by atoms with van der Waals surface area (Å²) in [6.45, 7) is 1.38. The standard InChI is InChI=1S/C23H31ClF4N4O4S/c24-32(34)21(33)22(8-10-29(11-9-22)18-5-6-18)37(35,36)31-14-12-30(13-15-31)19-4-3-17(20(25)16-19)2-1-7-23(26,27)28/h3-4,16,18,34H,1-2,5-15H2. The minimum Gasteiger partial charge on any atom is -0.369 e. The lowest BCUT2D eigenvalue weighted by Gasteiger charge is -2.44. The van der Waals surface area contributed by atoms with Crippen molar-refractivity contribution in [2.24, 2.45) is 0 Å². The number of piperazine rings is 1. The van der Waals surface area contributed by atoms with E-state index in [1.165, 1.54) is 16.4 Å². The Morgan fingerprint density at radius 3 is 2.24 bits per heavy atom. The first-order chi connectivity index (χ1) is 17.3. The molecule has 2 saturated heterocycles. The van der Waals surface area contributed by atoms with Gasteiger partial charge in [-0.25, -0.2) is 12.8 Å². The molecular weight excluding hydrogens is 540 g/mol. The number of anilines is 1. The molecule has 0 atom stereocenters. The summed E-state index contributed by atoms with van der Waals surface area (Å²) < 4.78 is 78.4. The number of likely N-dealkylation sites (tertiary alicyclic amines) is 1. The predicted octanol–water partition coefficient (Wildman–Crippen LogP) is 3.53. The van der Waals surface area contributed by atoms with Crippen LogP contribution in [0.4, 0.5) is 23.2 Å². The third-order valence-electron chi connectivity index (χ3n) is 7.61. The zero-order valence-electron chi connectivity index (χ0n) is 20.3. The van der Waals surface area contributed by atoms with E-state index in [0.717, 1.165) is 12.8 Å². The van der Waals surface area contributed by atoms with Crippen LogP contribution in [0.1, 0.15) is 44.1 Å². The Hall–Kier alpha value is -1.67. The topological polar surface area (TPSA) is 84.4 Å². The summed E-state index contributed by atoms with van der Waals surface area (Å²) in [7, 11) is -4.18. The van der Waals surface area contributed by atoms with Crippen LogP contribution in [0.5, 0.6) is 0 Å². The first-order valence-corrected chi connectivity index (χ1v) is 14.1. The second-order valence-electron chi connectivity index (χ2n) is 9.96. The largest absolute Gasteiger partial charge is 0.389 e. The number of halogens is 5. The Labute approximate surface area is 218 Å². The molecule has 1 saturated carbocycles. The molecule has 0 aromatic heterocycles. The Bertz CT molecular complexity index is 1080. The second kappa shape index (κ2) is 10.8. The maximum Gasteiger partial charge on any atom is 0.389 e. The van der Waals surface area contributed by atoms with Crippen molar-refractivity contribution in [2.45, 2.75) is 61.9 Å². The molecule has 0 bridgehead atoms. The smallest absolute Gasteiger partial charge is 0.369 e. The number of amides is 1.